The molecule has 1 fully saturated rings. The van der Waals surface area contributed by atoms with Crippen molar-refractivity contribution in [2.75, 3.05) is 13.1 Å². The van der Waals surface area contributed by atoms with E-state index >= 15 is 0 Å². The Hall–Kier alpha value is -2.36. The fourth-order valence-corrected chi connectivity index (χ4v) is 4.46. The highest BCUT2D eigenvalue weighted by Gasteiger charge is 2.47. The number of rotatable bonds is 5. The first-order chi connectivity index (χ1) is 14.4. The molecule has 166 valence electrons. The number of carbonyl (C=O) groups excluding carboxylic acids is 1. The van der Waals surface area contributed by atoms with Crippen LogP contribution in [0.25, 0.3) is 16.3 Å². The molecule has 1 aliphatic rings. The van der Waals surface area contributed by atoms with Crippen LogP contribution in [0.4, 0.5) is 8.78 Å². The van der Waals surface area contributed by atoms with E-state index in [1.165, 1.54) is 16.2 Å². The van der Waals surface area contributed by atoms with Crippen molar-refractivity contribution in [2.24, 2.45) is 0 Å². The molecule has 3 aromatic rings. The minimum Gasteiger partial charge on any atom is -0.326 e. The van der Waals surface area contributed by atoms with Crippen molar-refractivity contribution in [2.45, 2.75) is 38.3 Å². The number of hydrogen-bond donors (Lipinski definition) is 1. The summed E-state index contributed by atoms with van der Waals surface area (Å²) in [4.78, 5) is 18.9. The van der Waals surface area contributed by atoms with Crippen molar-refractivity contribution in [3.05, 3.63) is 53.8 Å². The van der Waals surface area contributed by atoms with Crippen molar-refractivity contribution in [3.63, 3.8) is 0 Å². The molecule has 1 N–H and O–H groups in total. The topological polar surface area (TPSA) is 63.1 Å². The van der Waals surface area contributed by atoms with Crippen LogP contribution < -0.4 is 5.32 Å². The Morgan fingerprint density at radius 1 is 1.32 bits per heavy atom. The summed E-state index contributed by atoms with van der Waals surface area (Å²) in [6.07, 6.45) is 3.72. The average Bonchev–Trinajstić information content (AvgIpc) is 3.39. The van der Waals surface area contributed by atoms with Gasteiger partial charge in [-0.15, -0.1) is 23.7 Å². The SMILES string of the molecule is CC(C)N(C(=O)c1csc(-c2cnn(-c3ccccc3)c2)n1)C1CCNCC1(F)F.Cl. The zero-order valence-electron chi connectivity index (χ0n) is 17.2. The summed E-state index contributed by atoms with van der Waals surface area (Å²) in [6, 6.07) is 8.15. The molecule has 2 aromatic heterocycles. The van der Waals surface area contributed by atoms with Crippen LogP contribution in [0.2, 0.25) is 0 Å². The van der Waals surface area contributed by atoms with Gasteiger partial charge in [0.15, 0.2) is 0 Å². The highest BCUT2D eigenvalue weighted by atomic mass is 35.5. The summed E-state index contributed by atoms with van der Waals surface area (Å²) in [5.41, 5.74) is 1.87. The Morgan fingerprint density at radius 3 is 2.74 bits per heavy atom. The highest BCUT2D eigenvalue weighted by molar-refractivity contribution is 7.13. The maximum atomic E-state index is 14.5. The number of piperidine rings is 1. The van der Waals surface area contributed by atoms with Crippen molar-refractivity contribution in [3.8, 4) is 16.3 Å². The predicted molar refractivity (Wildman–Crippen MR) is 119 cm³/mol. The van der Waals surface area contributed by atoms with Gasteiger partial charge in [0.25, 0.3) is 11.8 Å². The number of halogens is 3. The second-order valence-corrected chi connectivity index (χ2v) is 8.45. The fraction of sp³-hybridized carbons (Fsp3) is 0.381. The van der Waals surface area contributed by atoms with Crippen molar-refractivity contribution in [1.29, 1.82) is 0 Å². The van der Waals surface area contributed by atoms with Crippen LogP contribution in [0.1, 0.15) is 30.8 Å². The maximum absolute atomic E-state index is 14.5. The van der Waals surface area contributed by atoms with Gasteiger partial charge in [0.05, 0.1) is 24.5 Å². The standard InChI is InChI=1S/C21H23F2N5OS.ClH/c1-14(2)28(18-8-9-24-13-21(18,22)23)20(29)17-12-30-19(26-17)15-10-25-27(11-15)16-6-4-3-5-7-16;/h3-7,10-12,14,18,24H,8-9,13H2,1-2H3;1H. The van der Waals surface area contributed by atoms with E-state index in [1.54, 1.807) is 30.1 Å². The molecule has 0 saturated carbocycles. The number of aromatic nitrogens is 3. The van der Waals surface area contributed by atoms with Gasteiger partial charge in [0.2, 0.25) is 0 Å². The first kappa shape index (κ1) is 23.3. The van der Waals surface area contributed by atoms with Gasteiger partial charge in [-0.05, 0) is 38.9 Å². The lowest BCUT2D eigenvalue weighted by Gasteiger charge is -2.41. The summed E-state index contributed by atoms with van der Waals surface area (Å²) < 4.78 is 30.7. The third-order valence-corrected chi connectivity index (χ3v) is 6.03. The van der Waals surface area contributed by atoms with Crippen LogP contribution in [0.5, 0.6) is 0 Å². The zero-order chi connectivity index (χ0) is 21.3. The van der Waals surface area contributed by atoms with Crippen molar-refractivity contribution >= 4 is 29.7 Å². The van der Waals surface area contributed by atoms with E-state index in [1.807, 2.05) is 36.5 Å². The maximum Gasteiger partial charge on any atom is 0.280 e. The molecule has 1 saturated heterocycles. The molecule has 1 aliphatic heterocycles. The zero-order valence-corrected chi connectivity index (χ0v) is 18.8. The quantitative estimate of drug-likeness (QED) is 0.608. The van der Waals surface area contributed by atoms with Crippen molar-refractivity contribution in [1.82, 2.24) is 25.0 Å². The number of benzene rings is 1. The van der Waals surface area contributed by atoms with E-state index in [4.69, 9.17) is 0 Å². The third kappa shape index (κ3) is 4.78. The molecule has 31 heavy (non-hydrogen) atoms. The van der Waals surface area contributed by atoms with Gasteiger partial charge in [0.1, 0.15) is 10.7 Å². The number of para-hydroxylation sites is 1. The van der Waals surface area contributed by atoms with E-state index in [0.29, 0.717) is 11.6 Å². The van der Waals surface area contributed by atoms with E-state index in [-0.39, 0.29) is 30.6 Å². The second-order valence-electron chi connectivity index (χ2n) is 7.60. The first-order valence-corrected chi connectivity index (χ1v) is 10.7. The van der Waals surface area contributed by atoms with Gasteiger partial charge in [-0.1, -0.05) is 18.2 Å². The molecule has 0 aliphatic carbocycles. The Kier molecular flexibility index (Phi) is 7.08. The number of hydrogen-bond acceptors (Lipinski definition) is 5. The molecule has 1 aromatic carbocycles. The Labute approximate surface area is 189 Å². The van der Waals surface area contributed by atoms with Gasteiger partial charge in [0, 0.05) is 23.2 Å². The molecule has 1 unspecified atom stereocenters. The Morgan fingerprint density at radius 2 is 2.06 bits per heavy atom. The molecular weight excluding hydrogens is 444 g/mol. The van der Waals surface area contributed by atoms with Gasteiger partial charge in [-0.3, -0.25) is 4.79 Å². The molecule has 1 amide bonds. The number of amides is 1. The van der Waals surface area contributed by atoms with E-state index in [2.05, 4.69) is 15.4 Å². The molecule has 10 heteroatoms. The minimum atomic E-state index is -2.98. The molecular formula is C21H24ClF2N5OS. The van der Waals surface area contributed by atoms with E-state index < -0.39 is 24.4 Å². The Bertz CT molecular complexity index is 1020. The highest BCUT2D eigenvalue weighted by Crippen LogP contribution is 2.31. The molecule has 6 nitrogen and oxygen atoms in total. The number of thiazole rings is 1. The molecule has 0 bridgehead atoms. The monoisotopic (exact) mass is 467 g/mol. The van der Waals surface area contributed by atoms with Gasteiger partial charge >= 0.3 is 0 Å². The molecule has 3 heterocycles. The lowest BCUT2D eigenvalue weighted by molar-refractivity contribution is -0.0921. The molecule has 4 rings (SSSR count). The van der Waals surface area contributed by atoms with Crippen LogP contribution in [-0.2, 0) is 0 Å². The molecule has 1 atom stereocenters. The normalized spacial score (nSPS) is 17.9. The summed E-state index contributed by atoms with van der Waals surface area (Å²) in [6.45, 7) is 3.55. The van der Waals surface area contributed by atoms with Crippen LogP contribution in [0.3, 0.4) is 0 Å². The Balaban J connectivity index is 0.00000272. The largest absolute Gasteiger partial charge is 0.326 e. The second kappa shape index (κ2) is 9.42. The van der Waals surface area contributed by atoms with Crippen LogP contribution in [-0.4, -0.2) is 56.7 Å². The van der Waals surface area contributed by atoms with Crippen LogP contribution in [0, 0.1) is 0 Å². The molecule has 0 radical (unpaired) electrons. The lowest BCUT2D eigenvalue weighted by Crippen LogP contribution is -2.60. The summed E-state index contributed by atoms with van der Waals surface area (Å²) in [5.74, 6) is -3.44. The number of nitrogens with one attached hydrogen (secondary N) is 1. The minimum absolute atomic E-state index is 0. The predicted octanol–water partition coefficient (Wildman–Crippen LogP) is 4.27. The first-order valence-electron chi connectivity index (χ1n) is 9.84. The van der Waals surface area contributed by atoms with E-state index in [0.717, 1.165) is 11.3 Å². The number of alkyl halides is 2. The van der Waals surface area contributed by atoms with E-state index in [9.17, 15) is 13.6 Å². The van der Waals surface area contributed by atoms with Crippen LogP contribution >= 0.6 is 23.7 Å². The van der Waals surface area contributed by atoms with Gasteiger partial charge in [-0.2, -0.15) is 5.10 Å². The lowest BCUT2D eigenvalue weighted by atomic mass is 9.98. The van der Waals surface area contributed by atoms with Gasteiger partial charge in [-0.25, -0.2) is 18.4 Å². The van der Waals surface area contributed by atoms with Crippen LogP contribution in [0.15, 0.2) is 48.1 Å². The summed E-state index contributed by atoms with van der Waals surface area (Å²) in [7, 11) is 0. The average molecular weight is 468 g/mol. The third-order valence-electron chi connectivity index (χ3n) is 5.14. The fourth-order valence-electron chi connectivity index (χ4n) is 3.69. The van der Waals surface area contributed by atoms with Crippen molar-refractivity contribution < 1.29 is 13.6 Å². The molecule has 0 spiro atoms. The number of nitrogens with zero attached hydrogens (tertiary/aromatic N) is 4. The summed E-state index contributed by atoms with van der Waals surface area (Å²) in [5, 5.41) is 9.32. The smallest absolute Gasteiger partial charge is 0.280 e. The summed E-state index contributed by atoms with van der Waals surface area (Å²) >= 11 is 1.30. The number of carbonyl (C=O) groups is 1. The van der Waals surface area contributed by atoms with Gasteiger partial charge < -0.3 is 10.2 Å².